The highest BCUT2D eigenvalue weighted by Gasteiger charge is 2.35. The Kier molecular flexibility index (Phi) is 5.25. The van der Waals surface area contributed by atoms with E-state index in [0.29, 0.717) is 17.2 Å². The second-order valence-electron chi connectivity index (χ2n) is 6.78. The standard InChI is InChI=1S/C19H28O4/c1-12-8-7-9-19(2,3)17(12)18(20)13-10-15(22-5)16(23-6)11-14(13)21-4/h10-11,18,20H,7-9H2,1-6H3. The molecule has 0 heterocycles. The maximum atomic E-state index is 11.1. The van der Waals surface area contributed by atoms with Crippen LogP contribution >= 0.6 is 0 Å². The fraction of sp³-hybridized carbons (Fsp3) is 0.579. The molecule has 0 radical (unpaired) electrons. The fourth-order valence-electron chi connectivity index (χ4n) is 3.67. The lowest BCUT2D eigenvalue weighted by atomic mass is 9.69. The molecule has 0 amide bonds. The first-order valence-corrected chi connectivity index (χ1v) is 8.03. The van der Waals surface area contributed by atoms with E-state index in [1.807, 2.05) is 6.07 Å². The first-order valence-electron chi connectivity index (χ1n) is 8.03. The van der Waals surface area contributed by atoms with Gasteiger partial charge in [-0.1, -0.05) is 19.4 Å². The number of hydrogen-bond donors (Lipinski definition) is 1. The third kappa shape index (κ3) is 3.32. The maximum Gasteiger partial charge on any atom is 0.164 e. The van der Waals surface area contributed by atoms with Crippen LogP contribution in [-0.2, 0) is 0 Å². The molecular weight excluding hydrogens is 292 g/mol. The van der Waals surface area contributed by atoms with Crippen LogP contribution < -0.4 is 14.2 Å². The van der Waals surface area contributed by atoms with Gasteiger partial charge < -0.3 is 19.3 Å². The van der Waals surface area contributed by atoms with Crippen LogP contribution in [0, 0.1) is 5.41 Å². The van der Waals surface area contributed by atoms with Gasteiger partial charge in [0.1, 0.15) is 11.9 Å². The number of allylic oxidation sites excluding steroid dienone is 1. The van der Waals surface area contributed by atoms with Crippen molar-refractivity contribution in [3.05, 3.63) is 28.8 Å². The van der Waals surface area contributed by atoms with Crippen molar-refractivity contribution >= 4 is 0 Å². The molecule has 0 aliphatic heterocycles. The highest BCUT2D eigenvalue weighted by molar-refractivity contribution is 5.53. The van der Waals surface area contributed by atoms with E-state index in [4.69, 9.17) is 14.2 Å². The van der Waals surface area contributed by atoms with Gasteiger partial charge in [0.25, 0.3) is 0 Å². The molecule has 2 rings (SSSR count). The Bertz CT molecular complexity index is 602. The summed E-state index contributed by atoms with van der Waals surface area (Å²) >= 11 is 0. The number of benzene rings is 1. The largest absolute Gasteiger partial charge is 0.496 e. The minimum absolute atomic E-state index is 0.0279. The first kappa shape index (κ1) is 17.7. The zero-order valence-electron chi connectivity index (χ0n) is 15.0. The Labute approximate surface area is 139 Å². The summed E-state index contributed by atoms with van der Waals surface area (Å²) in [5.41, 5.74) is 3.05. The number of rotatable bonds is 5. The van der Waals surface area contributed by atoms with Gasteiger partial charge in [0.05, 0.1) is 21.3 Å². The van der Waals surface area contributed by atoms with Gasteiger partial charge >= 0.3 is 0 Å². The molecule has 0 saturated carbocycles. The second-order valence-corrected chi connectivity index (χ2v) is 6.78. The molecule has 23 heavy (non-hydrogen) atoms. The van der Waals surface area contributed by atoms with Crippen molar-refractivity contribution < 1.29 is 19.3 Å². The summed E-state index contributed by atoms with van der Waals surface area (Å²) in [5, 5.41) is 11.1. The van der Waals surface area contributed by atoms with E-state index in [-0.39, 0.29) is 5.41 Å². The molecule has 1 atom stereocenters. The lowest BCUT2D eigenvalue weighted by Crippen LogP contribution is -2.25. The van der Waals surface area contributed by atoms with Crippen molar-refractivity contribution in [1.29, 1.82) is 0 Å². The smallest absolute Gasteiger partial charge is 0.164 e. The quantitative estimate of drug-likeness (QED) is 0.823. The number of aliphatic hydroxyl groups excluding tert-OH is 1. The summed E-state index contributed by atoms with van der Waals surface area (Å²) < 4.78 is 16.2. The molecule has 1 N–H and O–H groups in total. The molecule has 0 spiro atoms. The highest BCUT2D eigenvalue weighted by atomic mass is 16.5. The number of methoxy groups -OCH3 is 3. The monoisotopic (exact) mass is 320 g/mol. The Balaban J connectivity index is 2.56. The zero-order valence-corrected chi connectivity index (χ0v) is 15.0. The van der Waals surface area contributed by atoms with Crippen LogP contribution in [0.3, 0.4) is 0 Å². The third-order valence-corrected chi connectivity index (χ3v) is 4.85. The molecule has 1 aliphatic rings. The minimum Gasteiger partial charge on any atom is -0.496 e. The molecule has 1 aromatic carbocycles. The van der Waals surface area contributed by atoms with Gasteiger partial charge in [-0.3, -0.25) is 0 Å². The van der Waals surface area contributed by atoms with Crippen LogP contribution in [0.5, 0.6) is 17.2 Å². The van der Waals surface area contributed by atoms with Crippen molar-refractivity contribution in [2.45, 2.75) is 46.1 Å². The van der Waals surface area contributed by atoms with Gasteiger partial charge in [-0.05, 0) is 43.2 Å². The second kappa shape index (κ2) is 6.83. The van der Waals surface area contributed by atoms with E-state index in [1.54, 1.807) is 27.4 Å². The zero-order chi connectivity index (χ0) is 17.2. The van der Waals surface area contributed by atoms with Gasteiger partial charge in [0, 0.05) is 11.6 Å². The molecule has 1 aliphatic carbocycles. The molecule has 4 heteroatoms. The summed E-state index contributed by atoms with van der Waals surface area (Å²) in [6, 6.07) is 3.58. The molecule has 0 saturated heterocycles. The Morgan fingerprint density at radius 1 is 1.00 bits per heavy atom. The molecule has 128 valence electrons. The number of aliphatic hydroxyl groups is 1. The Morgan fingerprint density at radius 3 is 2.09 bits per heavy atom. The Hall–Kier alpha value is -1.68. The van der Waals surface area contributed by atoms with Gasteiger partial charge in [0.2, 0.25) is 0 Å². The van der Waals surface area contributed by atoms with Gasteiger partial charge in [-0.15, -0.1) is 0 Å². The third-order valence-electron chi connectivity index (χ3n) is 4.85. The molecule has 1 aromatic rings. The highest BCUT2D eigenvalue weighted by Crippen LogP contribution is 2.49. The van der Waals surface area contributed by atoms with Gasteiger partial charge in [-0.2, -0.15) is 0 Å². The van der Waals surface area contributed by atoms with E-state index < -0.39 is 6.10 Å². The van der Waals surface area contributed by atoms with E-state index >= 15 is 0 Å². The Morgan fingerprint density at radius 2 is 1.57 bits per heavy atom. The summed E-state index contributed by atoms with van der Waals surface area (Å²) in [6.07, 6.45) is 2.57. The lowest BCUT2D eigenvalue weighted by Gasteiger charge is -2.37. The molecule has 1 unspecified atom stereocenters. The molecule has 4 nitrogen and oxygen atoms in total. The maximum absolute atomic E-state index is 11.1. The predicted molar refractivity (Wildman–Crippen MR) is 91.4 cm³/mol. The van der Waals surface area contributed by atoms with Gasteiger partial charge in [-0.25, -0.2) is 0 Å². The number of hydrogen-bond acceptors (Lipinski definition) is 4. The van der Waals surface area contributed by atoms with Crippen LogP contribution in [0.2, 0.25) is 0 Å². The topological polar surface area (TPSA) is 47.9 Å². The average Bonchev–Trinajstić information content (AvgIpc) is 2.52. The molecule has 0 fully saturated rings. The van der Waals surface area contributed by atoms with Crippen molar-refractivity contribution in [1.82, 2.24) is 0 Å². The van der Waals surface area contributed by atoms with Crippen LogP contribution in [0.25, 0.3) is 0 Å². The van der Waals surface area contributed by atoms with Crippen molar-refractivity contribution in [2.75, 3.05) is 21.3 Å². The van der Waals surface area contributed by atoms with Gasteiger partial charge in [0.15, 0.2) is 11.5 Å². The van der Waals surface area contributed by atoms with E-state index in [1.165, 1.54) is 5.57 Å². The number of ether oxygens (including phenoxy) is 3. The molecule has 0 bridgehead atoms. The SMILES string of the molecule is COc1cc(OC)c(C(O)C2=C(C)CCCC2(C)C)cc1OC. The first-order chi connectivity index (χ1) is 10.9. The van der Waals surface area contributed by atoms with E-state index in [9.17, 15) is 5.11 Å². The average molecular weight is 320 g/mol. The summed E-state index contributed by atoms with van der Waals surface area (Å²) in [5.74, 6) is 1.79. The van der Waals surface area contributed by atoms with Crippen LogP contribution in [0.4, 0.5) is 0 Å². The van der Waals surface area contributed by atoms with Crippen molar-refractivity contribution in [3.63, 3.8) is 0 Å². The fourth-order valence-corrected chi connectivity index (χ4v) is 3.67. The lowest BCUT2D eigenvalue weighted by molar-refractivity contribution is 0.166. The predicted octanol–water partition coefficient (Wildman–Crippen LogP) is 4.27. The van der Waals surface area contributed by atoms with E-state index in [0.717, 1.165) is 30.4 Å². The molecular formula is C19H28O4. The van der Waals surface area contributed by atoms with E-state index in [2.05, 4.69) is 20.8 Å². The van der Waals surface area contributed by atoms with Crippen LogP contribution in [0.15, 0.2) is 23.3 Å². The normalized spacial score (nSPS) is 18.6. The van der Waals surface area contributed by atoms with Crippen LogP contribution in [0.1, 0.15) is 51.7 Å². The summed E-state index contributed by atoms with van der Waals surface area (Å²) in [6.45, 7) is 6.51. The van der Waals surface area contributed by atoms with Crippen molar-refractivity contribution in [3.8, 4) is 17.2 Å². The van der Waals surface area contributed by atoms with Crippen molar-refractivity contribution in [2.24, 2.45) is 5.41 Å². The summed E-state index contributed by atoms with van der Waals surface area (Å²) in [7, 11) is 4.78. The minimum atomic E-state index is -0.708. The summed E-state index contributed by atoms with van der Waals surface area (Å²) in [4.78, 5) is 0. The van der Waals surface area contributed by atoms with Crippen LogP contribution in [-0.4, -0.2) is 26.4 Å². The molecule has 0 aromatic heterocycles.